The van der Waals surface area contributed by atoms with Crippen LogP contribution in [0.15, 0.2) is 30.3 Å². The molecule has 1 unspecified atom stereocenters. The van der Waals surface area contributed by atoms with Gasteiger partial charge in [0.1, 0.15) is 0 Å². The SMILES string of the molecule is CNCCCC(=O)NC(C)c1ccccc1. The molecular formula is C13H20N2O. The van der Waals surface area contributed by atoms with Crippen molar-refractivity contribution in [2.24, 2.45) is 0 Å². The van der Waals surface area contributed by atoms with Crippen LogP contribution in [0.4, 0.5) is 0 Å². The first-order valence-electron chi connectivity index (χ1n) is 5.73. The average molecular weight is 220 g/mol. The summed E-state index contributed by atoms with van der Waals surface area (Å²) in [5.41, 5.74) is 1.14. The Bertz CT molecular complexity index is 311. The molecule has 0 radical (unpaired) electrons. The van der Waals surface area contributed by atoms with E-state index in [-0.39, 0.29) is 11.9 Å². The third-order valence-corrected chi connectivity index (χ3v) is 2.51. The zero-order valence-electron chi connectivity index (χ0n) is 9.99. The molecule has 0 fully saturated rings. The summed E-state index contributed by atoms with van der Waals surface area (Å²) in [4.78, 5) is 11.6. The summed E-state index contributed by atoms with van der Waals surface area (Å²) in [6.45, 7) is 2.89. The summed E-state index contributed by atoms with van der Waals surface area (Å²) in [6.07, 6.45) is 1.46. The first kappa shape index (κ1) is 12.7. The normalized spacial score (nSPS) is 12.1. The average Bonchev–Trinajstić information content (AvgIpc) is 2.30. The monoisotopic (exact) mass is 220 g/mol. The van der Waals surface area contributed by atoms with Gasteiger partial charge < -0.3 is 10.6 Å². The standard InChI is InChI=1S/C13H20N2O/c1-11(12-7-4-3-5-8-12)15-13(16)9-6-10-14-2/h3-5,7-8,11,14H,6,9-10H2,1-2H3,(H,15,16). The van der Waals surface area contributed by atoms with Gasteiger partial charge in [0.2, 0.25) is 5.91 Å². The maximum Gasteiger partial charge on any atom is 0.220 e. The van der Waals surface area contributed by atoms with Gasteiger partial charge in [0.25, 0.3) is 0 Å². The zero-order chi connectivity index (χ0) is 11.8. The molecule has 3 heteroatoms. The van der Waals surface area contributed by atoms with Gasteiger partial charge in [0.05, 0.1) is 6.04 Å². The van der Waals surface area contributed by atoms with Crippen LogP contribution in [0.5, 0.6) is 0 Å². The number of rotatable bonds is 6. The fourth-order valence-electron chi connectivity index (χ4n) is 1.56. The lowest BCUT2D eigenvalue weighted by Crippen LogP contribution is -2.27. The Kier molecular flexibility index (Phi) is 5.57. The second-order valence-electron chi connectivity index (χ2n) is 3.91. The summed E-state index contributed by atoms with van der Waals surface area (Å²) < 4.78 is 0. The van der Waals surface area contributed by atoms with Gasteiger partial charge in [0, 0.05) is 6.42 Å². The van der Waals surface area contributed by atoms with E-state index in [1.54, 1.807) is 0 Å². The number of hydrogen-bond donors (Lipinski definition) is 2. The lowest BCUT2D eigenvalue weighted by molar-refractivity contribution is -0.121. The summed E-state index contributed by atoms with van der Waals surface area (Å²) in [6, 6.07) is 10.1. The predicted octanol–water partition coefficient (Wildman–Crippen LogP) is 1.86. The van der Waals surface area contributed by atoms with E-state index >= 15 is 0 Å². The quantitative estimate of drug-likeness (QED) is 0.718. The molecule has 2 N–H and O–H groups in total. The Hall–Kier alpha value is -1.35. The van der Waals surface area contributed by atoms with Gasteiger partial charge in [-0.1, -0.05) is 30.3 Å². The Morgan fingerprint density at radius 2 is 2.00 bits per heavy atom. The van der Waals surface area contributed by atoms with Crippen molar-refractivity contribution in [1.82, 2.24) is 10.6 Å². The minimum atomic E-state index is 0.0864. The van der Waals surface area contributed by atoms with E-state index in [2.05, 4.69) is 10.6 Å². The molecule has 0 bridgehead atoms. The number of benzene rings is 1. The van der Waals surface area contributed by atoms with Crippen LogP contribution in [0.2, 0.25) is 0 Å². The third kappa shape index (κ3) is 4.45. The van der Waals surface area contributed by atoms with Crippen molar-refractivity contribution in [3.8, 4) is 0 Å². The van der Waals surface area contributed by atoms with Crippen molar-refractivity contribution < 1.29 is 4.79 Å². The van der Waals surface area contributed by atoms with Crippen molar-refractivity contribution in [2.75, 3.05) is 13.6 Å². The molecule has 0 saturated carbocycles. The zero-order valence-corrected chi connectivity index (χ0v) is 9.99. The Balaban J connectivity index is 2.34. The minimum absolute atomic E-state index is 0.0864. The number of carbonyl (C=O) groups is 1. The highest BCUT2D eigenvalue weighted by Gasteiger charge is 2.08. The van der Waals surface area contributed by atoms with Crippen LogP contribution in [-0.4, -0.2) is 19.5 Å². The van der Waals surface area contributed by atoms with Crippen LogP contribution < -0.4 is 10.6 Å². The second-order valence-corrected chi connectivity index (χ2v) is 3.91. The van der Waals surface area contributed by atoms with Crippen LogP contribution in [0, 0.1) is 0 Å². The number of carbonyl (C=O) groups excluding carboxylic acids is 1. The van der Waals surface area contributed by atoms with Crippen LogP contribution in [0.1, 0.15) is 31.4 Å². The van der Waals surface area contributed by atoms with E-state index in [0.717, 1.165) is 18.5 Å². The summed E-state index contributed by atoms with van der Waals surface area (Å²) >= 11 is 0. The summed E-state index contributed by atoms with van der Waals surface area (Å²) in [5, 5.41) is 6.02. The second kappa shape index (κ2) is 7.01. The lowest BCUT2D eigenvalue weighted by Gasteiger charge is -2.14. The van der Waals surface area contributed by atoms with E-state index < -0.39 is 0 Å². The Morgan fingerprint density at radius 1 is 1.31 bits per heavy atom. The van der Waals surface area contributed by atoms with Crippen LogP contribution >= 0.6 is 0 Å². The minimum Gasteiger partial charge on any atom is -0.350 e. The summed E-state index contributed by atoms with van der Waals surface area (Å²) in [7, 11) is 1.89. The van der Waals surface area contributed by atoms with Crippen molar-refractivity contribution >= 4 is 5.91 Å². The lowest BCUT2D eigenvalue weighted by atomic mass is 10.1. The number of amides is 1. The van der Waals surface area contributed by atoms with E-state index in [1.165, 1.54) is 0 Å². The molecule has 0 aliphatic heterocycles. The molecule has 1 aromatic rings. The van der Waals surface area contributed by atoms with Crippen LogP contribution in [-0.2, 0) is 4.79 Å². The van der Waals surface area contributed by atoms with E-state index in [9.17, 15) is 4.79 Å². The fourth-order valence-corrected chi connectivity index (χ4v) is 1.56. The largest absolute Gasteiger partial charge is 0.350 e. The molecule has 0 aromatic heterocycles. The third-order valence-electron chi connectivity index (χ3n) is 2.51. The molecule has 0 aliphatic carbocycles. The molecule has 1 rings (SSSR count). The van der Waals surface area contributed by atoms with E-state index in [4.69, 9.17) is 0 Å². The number of hydrogen-bond acceptors (Lipinski definition) is 2. The van der Waals surface area contributed by atoms with Gasteiger partial charge in [-0.3, -0.25) is 4.79 Å². The molecule has 1 atom stereocenters. The van der Waals surface area contributed by atoms with Crippen molar-refractivity contribution in [3.63, 3.8) is 0 Å². The molecule has 1 amide bonds. The first-order valence-corrected chi connectivity index (χ1v) is 5.73. The Morgan fingerprint density at radius 3 is 2.62 bits per heavy atom. The van der Waals surface area contributed by atoms with Gasteiger partial charge >= 0.3 is 0 Å². The smallest absolute Gasteiger partial charge is 0.220 e. The predicted molar refractivity (Wildman–Crippen MR) is 66.2 cm³/mol. The highest BCUT2D eigenvalue weighted by Crippen LogP contribution is 2.11. The summed E-state index contributed by atoms with van der Waals surface area (Å²) in [5.74, 6) is 0.117. The van der Waals surface area contributed by atoms with Crippen LogP contribution in [0.25, 0.3) is 0 Å². The fraction of sp³-hybridized carbons (Fsp3) is 0.462. The molecule has 3 nitrogen and oxygen atoms in total. The van der Waals surface area contributed by atoms with Crippen molar-refractivity contribution in [3.05, 3.63) is 35.9 Å². The van der Waals surface area contributed by atoms with E-state index in [1.807, 2.05) is 44.3 Å². The Labute approximate surface area is 97.2 Å². The molecule has 0 spiro atoms. The molecule has 16 heavy (non-hydrogen) atoms. The van der Waals surface area contributed by atoms with Crippen LogP contribution in [0.3, 0.4) is 0 Å². The van der Waals surface area contributed by atoms with Gasteiger partial charge in [-0.15, -0.1) is 0 Å². The topological polar surface area (TPSA) is 41.1 Å². The molecule has 0 aliphatic rings. The van der Waals surface area contributed by atoms with Crippen molar-refractivity contribution in [2.45, 2.75) is 25.8 Å². The molecule has 0 saturated heterocycles. The highest BCUT2D eigenvalue weighted by molar-refractivity contribution is 5.76. The van der Waals surface area contributed by atoms with Gasteiger partial charge in [-0.2, -0.15) is 0 Å². The highest BCUT2D eigenvalue weighted by atomic mass is 16.1. The first-order chi connectivity index (χ1) is 7.74. The van der Waals surface area contributed by atoms with Gasteiger partial charge in [-0.05, 0) is 32.5 Å². The molecule has 0 heterocycles. The van der Waals surface area contributed by atoms with Crippen molar-refractivity contribution in [1.29, 1.82) is 0 Å². The maximum atomic E-state index is 11.6. The maximum absolute atomic E-state index is 11.6. The van der Waals surface area contributed by atoms with Gasteiger partial charge in [-0.25, -0.2) is 0 Å². The molecule has 88 valence electrons. The van der Waals surface area contributed by atoms with Gasteiger partial charge in [0.15, 0.2) is 0 Å². The molecular weight excluding hydrogens is 200 g/mol. The molecule has 1 aromatic carbocycles. The van der Waals surface area contributed by atoms with E-state index in [0.29, 0.717) is 6.42 Å². The number of nitrogens with one attached hydrogen (secondary N) is 2.